The molecular formula is C21H20ClNO6. The maximum atomic E-state index is 12.5. The summed E-state index contributed by atoms with van der Waals surface area (Å²) in [4.78, 5) is 24.9. The van der Waals surface area contributed by atoms with Crippen LogP contribution in [0.15, 0.2) is 36.4 Å². The Bertz CT molecular complexity index is 947. The lowest BCUT2D eigenvalue weighted by atomic mass is 9.97. The third-order valence-corrected chi connectivity index (χ3v) is 4.97. The summed E-state index contributed by atoms with van der Waals surface area (Å²) in [6.45, 7) is 2.67. The molecule has 7 nitrogen and oxygen atoms in total. The predicted octanol–water partition coefficient (Wildman–Crippen LogP) is 3.23. The number of halogens is 1. The molecule has 0 unspecified atom stereocenters. The Labute approximate surface area is 172 Å². The molecule has 2 aromatic carbocycles. The number of benzene rings is 2. The van der Waals surface area contributed by atoms with E-state index in [0.29, 0.717) is 47.6 Å². The zero-order chi connectivity index (χ0) is 20.4. The highest BCUT2D eigenvalue weighted by Gasteiger charge is 2.30. The Morgan fingerprint density at radius 3 is 2.66 bits per heavy atom. The summed E-state index contributed by atoms with van der Waals surface area (Å²) in [6.07, 6.45) is -0.512. The van der Waals surface area contributed by atoms with Crippen molar-refractivity contribution in [3.05, 3.63) is 47.0 Å². The molecular weight excluding hydrogens is 398 g/mol. The van der Waals surface area contributed by atoms with Gasteiger partial charge in [-0.3, -0.25) is 9.59 Å². The van der Waals surface area contributed by atoms with Gasteiger partial charge in [-0.05, 0) is 49.2 Å². The molecule has 0 aromatic heterocycles. The summed E-state index contributed by atoms with van der Waals surface area (Å²) < 4.78 is 21.9. The van der Waals surface area contributed by atoms with Gasteiger partial charge in [-0.15, -0.1) is 0 Å². The van der Waals surface area contributed by atoms with Crippen molar-refractivity contribution in [1.29, 1.82) is 0 Å². The van der Waals surface area contributed by atoms with Gasteiger partial charge in [0.05, 0.1) is 5.92 Å². The fourth-order valence-corrected chi connectivity index (χ4v) is 3.40. The molecule has 0 saturated carbocycles. The minimum absolute atomic E-state index is 0.198. The molecule has 2 heterocycles. The van der Waals surface area contributed by atoms with Crippen LogP contribution in [0.1, 0.15) is 12.5 Å². The first-order valence-corrected chi connectivity index (χ1v) is 9.69. The van der Waals surface area contributed by atoms with E-state index >= 15 is 0 Å². The molecule has 152 valence electrons. The van der Waals surface area contributed by atoms with Crippen LogP contribution in [0.3, 0.4) is 0 Å². The van der Waals surface area contributed by atoms with Gasteiger partial charge in [0.1, 0.15) is 25.6 Å². The van der Waals surface area contributed by atoms with Crippen molar-refractivity contribution in [1.82, 2.24) is 0 Å². The normalized spacial score (nSPS) is 18.1. The topological polar surface area (TPSA) is 83.1 Å². The number of ether oxygens (including phenoxy) is 4. The van der Waals surface area contributed by atoms with Crippen LogP contribution in [0.5, 0.6) is 17.2 Å². The van der Waals surface area contributed by atoms with E-state index in [1.165, 1.54) is 6.92 Å². The lowest BCUT2D eigenvalue weighted by Gasteiger charge is -2.25. The lowest BCUT2D eigenvalue weighted by molar-refractivity contribution is -0.158. The van der Waals surface area contributed by atoms with Crippen molar-refractivity contribution in [3.63, 3.8) is 0 Å². The van der Waals surface area contributed by atoms with E-state index in [9.17, 15) is 9.59 Å². The summed E-state index contributed by atoms with van der Waals surface area (Å²) >= 11 is 6.01. The first kappa shape index (κ1) is 19.4. The zero-order valence-corrected chi connectivity index (χ0v) is 16.5. The maximum absolute atomic E-state index is 12.5. The van der Waals surface area contributed by atoms with Crippen molar-refractivity contribution in [3.8, 4) is 17.2 Å². The molecule has 2 atom stereocenters. The third kappa shape index (κ3) is 4.40. The van der Waals surface area contributed by atoms with Crippen molar-refractivity contribution in [2.75, 3.05) is 25.1 Å². The van der Waals surface area contributed by atoms with E-state index in [1.807, 2.05) is 0 Å². The first-order valence-electron chi connectivity index (χ1n) is 9.32. The van der Waals surface area contributed by atoms with Gasteiger partial charge in [0.2, 0.25) is 0 Å². The Hall–Kier alpha value is -2.93. The second kappa shape index (κ2) is 8.21. The number of fused-ring (bicyclic) bond motifs is 2. The number of esters is 1. The van der Waals surface area contributed by atoms with Crippen molar-refractivity contribution in [2.45, 2.75) is 19.4 Å². The summed E-state index contributed by atoms with van der Waals surface area (Å²) in [5.74, 6) is 0.491. The zero-order valence-electron chi connectivity index (χ0n) is 15.8. The van der Waals surface area contributed by atoms with Gasteiger partial charge in [-0.2, -0.15) is 0 Å². The van der Waals surface area contributed by atoms with E-state index in [-0.39, 0.29) is 6.61 Å². The highest BCUT2D eigenvalue weighted by Crippen LogP contribution is 2.33. The van der Waals surface area contributed by atoms with Gasteiger partial charge in [0.15, 0.2) is 17.6 Å². The molecule has 1 amide bonds. The largest absolute Gasteiger partial charge is 0.492 e. The molecule has 1 N–H and O–H groups in total. The minimum Gasteiger partial charge on any atom is -0.492 e. The Balaban J connectivity index is 1.34. The minimum atomic E-state index is -0.962. The van der Waals surface area contributed by atoms with E-state index in [0.717, 1.165) is 5.56 Å². The number of anilines is 1. The molecule has 0 saturated heterocycles. The number of rotatable bonds is 4. The van der Waals surface area contributed by atoms with E-state index < -0.39 is 23.9 Å². The summed E-state index contributed by atoms with van der Waals surface area (Å²) in [5.41, 5.74) is 1.38. The Morgan fingerprint density at radius 1 is 1.07 bits per heavy atom. The lowest BCUT2D eigenvalue weighted by Crippen LogP contribution is -2.36. The maximum Gasteiger partial charge on any atom is 0.313 e. The average molecular weight is 418 g/mol. The van der Waals surface area contributed by atoms with Gasteiger partial charge >= 0.3 is 5.97 Å². The first-order chi connectivity index (χ1) is 14.0. The van der Waals surface area contributed by atoms with E-state index in [1.54, 1.807) is 36.4 Å². The molecule has 8 heteroatoms. The monoisotopic (exact) mass is 417 g/mol. The number of amides is 1. The van der Waals surface area contributed by atoms with Crippen LogP contribution >= 0.6 is 11.6 Å². The number of carbonyl (C=O) groups is 2. The van der Waals surface area contributed by atoms with E-state index in [2.05, 4.69) is 5.32 Å². The smallest absolute Gasteiger partial charge is 0.313 e. The average Bonchev–Trinajstić information content (AvgIpc) is 2.73. The van der Waals surface area contributed by atoms with E-state index in [4.69, 9.17) is 30.5 Å². The van der Waals surface area contributed by atoms with Crippen LogP contribution in [-0.4, -0.2) is 37.8 Å². The molecule has 2 aliphatic rings. The molecule has 2 aliphatic heterocycles. The number of hydrogen-bond acceptors (Lipinski definition) is 6. The van der Waals surface area contributed by atoms with Gasteiger partial charge in [-0.25, -0.2) is 0 Å². The van der Waals surface area contributed by atoms with Crippen LogP contribution in [-0.2, 0) is 20.7 Å². The summed E-state index contributed by atoms with van der Waals surface area (Å²) in [7, 11) is 0. The second-order valence-electron chi connectivity index (χ2n) is 6.89. The number of nitrogens with one attached hydrogen (secondary N) is 1. The molecule has 0 spiro atoms. The summed E-state index contributed by atoms with van der Waals surface area (Å²) in [5, 5.41) is 3.30. The van der Waals surface area contributed by atoms with Crippen LogP contribution in [0, 0.1) is 5.92 Å². The number of carbonyl (C=O) groups excluding carboxylic acids is 2. The predicted molar refractivity (Wildman–Crippen MR) is 106 cm³/mol. The molecule has 4 rings (SSSR count). The number of hydrogen-bond donors (Lipinski definition) is 1. The molecule has 0 fully saturated rings. The van der Waals surface area contributed by atoms with Crippen LogP contribution < -0.4 is 19.5 Å². The molecule has 29 heavy (non-hydrogen) atoms. The molecule has 2 aromatic rings. The highest BCUT2D eigenvalue weighted by molar-refractivity contribution is 6.30. The molecule has 0 bridgehead atoms. The van der Waals surface area contributed by atoms with Gasteiger partial charge in [0, 0.05) is 16.8 Å². The van der Waals surface area contributed by atoms with Crippen molar-refractivity contribution >= 4 is 29.2 Å². The Kier molecular flexibility index (Phi) is 5.49. The fraction of sp³-hybridized carbons (Fsp3) is 0.333. The molecule has 0 radical (unpaired) electrons. The van der Waals surface area contributed by atoms with Crippen LogP contribution in [0.2, 0.25) is 5.02 Å². The Morgan fingerprint density at radius 2 is 1.83 bits per heavy atom. The van der Waals surface area contributed by atoms with Gasteiger partial charge < -0.3 is 24.3 Å². The summed E-state index contributed by atoms with van der Waals surface area (Å²) in [6, 6.07) is 10.4. The van der Waals surface area contributed by atoms with Crippen molar-refractivity contribution < 1.29 is 28.5 Å². The van der Waals surface area contributed by atoms with Gasteiger partial charge in [0.25, 0.3) is 5.91 Å². The molecule has 0 aliphatic carbocycles. The second-order valence-corrected chi connectivity index (χ2v) is 7.33. The fourth-order valence-electron chi connectivity index (χ4n) is 3.20. The highest BCUT2D eigenvalue weighted by atomic mass is 35.5. The third-order valence-electron chi connectivity index (χ3n) is 4.73. The van der Waals surface area contributed by atoms with Crippen LogP contribution in [0.25, 0.3) is 0 Å². The standard InChI is InChI=1S/C21H20ClNO6/c1-12(20(24)23-16-3-5-18-19(10-16)27-7-6-26-18)29-21(25)14-8-13-9-15(22)2-4-17(13)28-11-14/h2-5,9-10,12,14H,6-8,11H2,1H3,(H,23,24)/t12-,14-/m1/s1. The van der Waals surface area contributed by atoms with Gasteiger partial charge in [-0.1, -0.05) is 11.6 Å². The quantitative estimate of drug-likeness (QED) is 0.769. The SMILES string of the molecule is C[C@@H](OC(=O)[C@H]1COc2ccc(Cl)cc2C1)C(=O)Nc1ccc2c(c1)OCCO2. The van der Waals surface area contributed by atoms with Crippen LogP contribution in [0.4, 0.5) is 5.69 Å². The van der Waals surface area contributed by atoms with Crippen molar-refractivity contribution in [2.24, 2.45) is 5.92 Å².